The fraction of sp³-hybridized carbons (Fsp3) is 0.333. The van der Waals surface area contributed by atoms with E-state index in [-0.39, 0.29) is 12.0 Å². The first-order valence-corrected chi connectivity index (χ1v) is 8.28. The van der Waals surface area contributed by atoms with Gasteiger partial charge in [0, 0.05) is 12.5 Å². The Morgan fingerprint density at radius 1 is 1.13 bits per heavy atom. The van der Waals surface area contributed by atoms with Crippen molar-refractivity contribution in [3.05, 3.63) is 63.1 Å². The third-order valence-corrected chi connectivity index (χ3v) is 4.95. The van der Waals surface area contributed by atoms with Crippen LogP contribution in [0.1, 0.15) is 28.7 Å². The SMILES string of the molecule is CNCC1OCC(c2ccc(Cl)c(Cl)c2)c2cc(OC)ccc21. The van der Waals surface area contributed by atoms with Crippen LogP contribution < -0.4 is 10.1 Å². The molecule has 0 bridgehead atoms. The fourth-order valence-corrected chi connectivity index (χ4v) is 3.33. The molecule has 1 aliphatic heterocycles. The number of benzene rings is 2. The van der Waals surface area contributed by atoms with Gasteiger partial charge in [0.05, 0.1) is 29.9 Å². The Labute approximate surface area is 146 Å². The normalized spacial score (nSPS) is 20.2. The summed E-state index contributed by atoms with van der Waals surface area (Å²) in [5, 5.41) is 4.31. The maximum atomic E-state index is 6.19. The molecule has 0 fully saturated rings. The number of halogens is 2. The monoisotopic (exact) mass is 351 g/mol. The maximum absolute atomic E-state index is 6.19. The van der Waals surface area contributed by atoms with Crippen molar-refractivity contribution in [2.75, 3.05) is 27.3 Å². The minimum Gasteiger partial charge on any atom is -0.497 e. The van der Waals surface area contributed by atoms with E-state index in [9.17, 15) is 0 Å². The molecule has 3 rings (SSSR count). The third kappa shape index (κ3) is 3.33. The van der Waals surface area contributed by atoms with Gasteiger partial charge in [0.1, 0.15) is 5.75 Å². The number of ether oxygens (including phenoxy) is 2. The minimum atomic E-state index is 0.0416. The molecule has 1 aliphatic rings. The summed E-state index contributed by atoms with van der Waals surface area (Å²) in [6.45, 7) is 1.37. The largest absolute Gasteiger partial charge is 0.497 e. The first-order valence-electron chi connectivity index (χ1n) is 7.53. The lowest BCUT2D eigenvalue weighted by molar-refractivity contribution is 0.0352. The second-order valence-electron chi connectivity index (χ2n) is 5.60. The van der Waals surface area contributed by atoms with Crippen LogP contribution in [0.2, 0.25) is 10.0 Å². The molecule has 2 aromatic rings. The number of hydrogen-bond acceptors (Lipinski definition) is 3. The smallest absolute Gasteiger partial charge is 0.119 e. The van der Waals surface area contributed by atoms with E-state index in [1.165, 1.54) is 11.1 Å². The molecular weight excluding hydrogens is 333 g/mol. The van der Waals surface area contributed by atoms with E-state index in [1.807, 2.05) is 31.3 Å². The Morgan fingerprint density at radius 2 is 1.96 bits per heavy atom. The van der Waals surface area contributed by atoms with Crippen molar-refractivity contribution in [2.24, 2.45) is 0 Å². The van der Waals surface area contributed by atoms with Crippen LogP contribution in [0.15, 0.2) is 36.4 Å². The molecule has 1 heterocycles. The fourth-order valence-electron chi connectivity index (χ4n) is 3.03. The number of nitrogens with one attached hydrogen (secondary N) is 1. The molecule has 0 aliphatic carbocycles. The van der Waals surface area contributed by atoms with Crippen molar-refractivity contribution in [1.29, 1.82) is 0 Å². The summed E-state index contributed by atoms with van der Waals surface area (Å²) in [5.41, 5.74) is 3.49. The topological polar surface area (TPSA) is 30.5 Å². The van der Waals surface area contributed by atoms with Gasteiger partial charge >= 0.3 is 0 Å². The van der Waals surface area contributed by atoms with Crippen LogP contribution in [0.5, 0.6) is 5.75 Å². The molecular formula is C18H19Cl2NO2. The summed E-state index contributed by atoms with van der Waals surface area (Å²) in [4.78, 5) is 0. The lowest BCUT2D eigenvalue weighted by atomic mass is 9.84. The Balaban J connectivity index is 2.05. The number of methoxy groups -OCH3 is 1. The molecule has 2 unspecified atom stereocenters. The Morgan fingerprint density at radius 3 is 2.65 bits per heavy atom. The van der Waals surface area contributed by atoms with Gasteiger partial charge in [-0.1, -0.05) is 35.3 Å². The standard InChI is InChI=1S/C18H19Cl2NO2/c1-21-9-18-13-5-4-12(22-2)8-14(13)15(10-23-18)11-3-6-16(19)17(20)7-11/h3-8,15,18,21H,9-10H2,1-2H3. The highest BCUT2D eigenvalue weighted by atomic mass is 35.5. The van der Waals surface area contributed by atoms with Crippen LogP contribution in [0.3, 0.4) is 0 Å². The van der Waals surface area contributed by atoms with Crippen LogP contribution in [-0.4, -0.2) is 27.3 Å². The average molecular weight is 352 g/mol. The van der Waals surface area contributed by atoms with Crippen molar-refractivity contribution in [3.8, 4) is 5.75 Å². The first kappa shape index (κ1) is 16.6. The molecule has 3 nitrogen and oxygen atoms in total. The summed E-state index contributed by atoms with van der Waals surface area (Å²) < 4.78 is 11.5. The average Bonchev–Trinajstić information content (AvgIpc) is 2.57. The summed E-state index contributed by atoms with van der Waals surface area (Å²) in [6, 6.07) is 11.9. The third-order valence-electron chi connectivity index (χ3n) is 4.22. The van der Waals surface area contributed by atoms with Crippen molar-refractivity contribution in [2.45, 2.75) is 12.0 Å². The number of likely N-dealkylation sites (N-methyl/N-ethyl adjacent to an activating group) is 1. The lowest BCUT2D eigenvalue weighted by Crippen LogP contribution is -2.28. The quantitative estimate of drug-likeness (QED) is 0.883. The molecule has 122 valence electrons. The molecule has 1 N–H and O–H groups in total. The van der Waals surface area contributed by atoms with Gasteiger partial charge < -0.3 is 14.8 Å². The number of fused-ring (bicyclic) bond motifs is 1. The van der Waals surface area contributed by atoms with Gasteiger partial charge in [-0.25, -0.2) is 0 Å². The van der Waals surface area contributed by atoms with Crippen molar-refractivity contribution < 1.29 is 9.47 Å². The molecule has 2 atom stereocenters. The Bertz CT molecular complexity index is 705. The highest BCUT2D eigenvalue weighted by Gasteiger charge is 2.29. The zero-order chi connectivity index (χ0) is 16.4. The number of hydrogen-bond donors (Lipinski definition) is 1. The van der Waals surface area contributed by atoms with Crippen molar-refractivity contribution in [3.63, 3.8) is 0 Å². The molecule has 0 radical (unpaired) electrons. The van der Waals surface area contributed by atoms with E-state index in [4.69, 9.17) is 32.7 Å². The maximum Gasteiger partial charge on any atom is 0.119 e. The molecule has 0 aromatic heterocycles. The van der Waals surface area contributed by atoms with E-state index in [1.54, 1.807) is 7.11 Å². The lowest BCUT2D eigenvalue weighted by Gasteiger charge is -2.32. The zero-order valence-electron chi connectivity index (χ0n) is 13.1. The van der Waals surface area contributed by atoms with Gasteiger partial charge in [0.25, 0.3) is 0 Å². The van der Waals surface area contributed by atoms with Crippen molar-refractivity contribution >= 4 is 23.2 Å². The zero-order valence-corrected chi connectivity index (χ0v) is 14.6. The van der Waals surface area contributed by atoms with Crippen LogP contribution >= 0.6 is 23.2 Å². The second kappa shape index (κ2) is 7.10. The number of rotatable bonds is 4. The molecule has 0 saturated carbocycles. The van der Waals surface area contributed by atoms with Gasteiger partial charge in [-0.15, -0.1) is 0 Å². The van der Waals surface area contributed by atoms with Gasteiger partial charge in [-0.05, 0) is 48.0 Å². The predicted octanol–water partition coefficient (Wildman–Crippen LogP) is 4.42. The van der Waals surface area contributed by atoms with E-state index in [0.717, 1.165) is 17.9 Å². The molecule has 0 spiro atoms. The molecule has 2 aromatic carbocycles. The van der Waals surface area contributed by atoms with Gasteiger partial charge in [-0.2, -0.15) is 0 Å². The predicted molar refractivity (Wildman–Crippen MR) is 93.9 cm³/mol. The van der Waals surface area contributed by atoms with Crippen molar-refractivity contribution in [1.82, 2.24) is 5.32 Å². The minimum absolute atomic E-state index is 0.0416. The van der Waals surface area contributed by atoms with Crippen LogP contribution in [0, 0.1) is 0 Å². The van der Waals surface area contributed by atoms with Gasteiger partial charge in [0.2, 0.25) is 0 Å². The van der Waals surface area contributed by atoms with Crippen LogP contribution in [-0.2, 0) is 4.74 Å². The van der Waals surface area contributed by atoms with Gasteiger partial charge in [0.15, 0.2) is 0 Å². The highest BCUT2D eigenvalue weighted by Crippen LogP contribution is 2.40. The molecule has 23 heavy (non-hydrogen) atoms. The van der Waals surface area contributed by atoms with E-state index in [2.05, 4.69) is 17.4 Å². The van der Waals surface area contributed by atoms with E-state index >= 15 is 0 Å². The molecule has 0 saturated heterocycles. The van der Waals surface area contributed by atoms with E-state index < -0.39 is 0 Å². The summed E-state index contributed by atoms with van der Waals surface area (Å²) in [6.07, 6.45) is 0.0416. The first-order chi connectivity index (χ1) is 11.1. The Hall–Kier alpha value is -1.26. The Kier molecular flexibility index (Phi) is 5.12. The second-order valence-corrected chi connectivity index (χ2v) is 6.42. The van der Waals surface area contributed by atoms with Crippen LogP contribution in [0.4, 0.5) is 0 Å². The van der Waals surface area contributed by atoms with Crippen LogP contribution in [0.25, 0.3) is 0 Å². The summed E-state index contributed by atoms with van der Waals surface area (Å²) in [7, 11) is 3.61. The highest BCUT2D eigenvalue weighted by molar-refractivity contribution is 6.42. The van der Waals surface area contributed by atoms with E-state index in [0.29, 0.717) is 16.7 Å². The summed E-state index contributed by atoms with van der Waals surface area (Å²) in [5.74, 6) is 0.960. The van der Waals surface area contributed by atoms with Gasteiger partial charge in [-0.3, -0.25) is 0 Å². The molecule has 5 heteroatoms. The molecule has 0 amide bonds. The summed E-state index contributed by atoms with van der Waals surface area (Å²) >= 11 is 12.2.